The van der Waals surface area contributed by atoms with Gasteiger partial charge in [0.1, 0.15) is 11.0 Å². The van der Waals surface area contributed by atoms with Crippen molar-refractivity contribution in [3.8, 4) is 12.3 Å². The van der Waals surface area contributed by atoms with Crippen LogP contribution in [0, 0.1) is 12.3 Å². The predicted molar refractivity (Wildman–Crippen MR) is 59.3 cm³/mol. The minimum Gasteiger partial charge on any atom is -0.319 e. The molecule has 1 amide bonds. The van der Waals surface area contributed by atoms with E-state index < -0.39 is 6.04 Å². The number of hydrogen-bond donors (Lipinski definition) is 2. The first-order valence-electron chi connectivity index (χ1n) is 4.26. The van der Waals surface area contributed by atoms with E-state index in [4.69, 9.17) is 23.8 Å². The maximum absolute atomic E-state index is 11.4. The molecule has 0 fully saturated rings. The van der Waals surface area contributed by atoms with Crippen LogP contribution < -0.4 is 11.1 Å². The molecule has 0 aliphatic rings. The van der Waals surface area contributed by atoms with Gasteiger partial charge in [-0.25, -0.2) is 4.98 Å². The SMILES string of the molecule is C#CCC(N)C(=O)Nc1cccc(Cl)n1. The van der Waals surface area contributed by atoms with E-state index in [2.05, 4.69) is 16.2 Å². The molecule has 5 heteroatoms. The van der Waals surface area contributed by atoms with Crippen molar-refractivity contribution in [1.29, 1.82) is 0 Å². The zero-order chi connectivity index (χ0) is 11.3. The number of carbonyl (C=O) groups excluding carboxylic acids is 1. The topological polar surface area (TPSA) is 68.0 Å². The molecule has 0 bridgehead atoms. The molecule has 0 spiro atoms. The highest BCUT2D eigenvalue weighted by atomic mass is 35.5. The number of halogens is 1. The molecule has 0 saturated heterocycles. The molecule has 0 radical (unpaired) electrons. The third-order valence-electron chi connectivity index (χ3n) is 1.64. The zero-order valence-corrected chi connectivity index (χ0v) is 8.66. The Hall–Kier alpha value is -1.57. The number of nitrogens with two attached hydrogens (primary N) is 1. The van der Waals surface area contributed by atoms with Crippen LogP contribution in [-0.4, -0.2) is 16.9 Å². The van der Waals surface area contributed by atoms with Gasteiger partial charge in [0.25, 0.3) is 0 Å². The number of terminal acetylenes is 1. The molecule has 0 aliphatic carbocycles. The Labute approximate surface area is 92.8 Å². The van der Waals surface area contributed by atoms with E-state index in [0.717, 1.165) is 0 Å². The zero-order valence-electron chi connectivity index (χ0n) is 7.90. The summed E-state index contributed by atoms with van der Waals surface area (Å²) in [5.41, 5.74) is 5.50. The highest BCUT2D eigenvalue weighted by molar-refractivity contribution is 6.29. The smallest absolute Gasteiger partial charge is 0.243 e. The summed E-state index contributed by atoms with van der Waals surface area (Å²) in [7, 11) is 0. The first-order valence-corrected chi connectivity index (χ1v) is 4.63. The molecule has 0 aromatic carbocycles. The number of nitrogens with zero attached hydrogens (tertiary/aromatic N) is 1. The van der Waals surface area contributed by atoms with E-state index >= 15 is 0 Å². The Morgan fingerprint density at radius 3 is 3.07 bits per heavy atom. The van der Waals surface area contributed by atoms with Crippen molar-refractivity contribution in [3.05, 3.63) is 23.4 Å². The average molecular weight is 224 g/mol. The molecule has 1 aromatic heterocycles. The lowest BCUT2D eigenvalue weighted by atomic mass is 10.2. The summed E-state index contributed by atoms with van der Waals surface area (Å²) in [4.78, 5) is 15.3. The van der Waals surface area contributed by atoms with E-state index in [9.17, 15) is 4.79 Å². The molecular formula is C10H10ClN3O. The maximum atomic E-state index is 11.4. The van der Waals surface area contributed by atoms with Crippen molar-refractivity contribution in [1.82, 2.24) is 4.98 Å². The maximum Gasteiger partial charge on any atom is 0.243 e. The van der Waals surface area contributed by atoms with Crippen LogP contribution in [0.1, 0.15) is 6.42 Å². The van der Waals surface area contributed by atoms with Crippen LogP contribution in [-0.2, 0) is 4.79 Å². The first kappa shape index (κ1) is 11.5. The number of anilines is 1. The number of hydrogen-bond acceptors (Lipinski definition) is 3. The van der Waals surface area contributed by atoms with E-state index in [0.29, 0.717) is 11.0 Å². The monoisotopic (exact) mass is 223 g/mol. The van der Waals surface area contributed by atoms with Gasteiger partial charge >= 0.3 is 0 Å². The van der Waals surface area contributed by atoms with Gasteiger partial charge in [-0.1, -0.05) is 17.7 Å². The van der Waals surface area contributed by atoms with Crippen LogP contribution >= 0.6 is 11.6 Å². The van der Waals surface area contributed by atoms with Crippen LogP contribution in [0.2, 0.25) is 5.15 Å². The molecular weight excluding hydrogens is 214 g/mol. The summed E-state index contributed by atoms with van der Waals surface area (Å²) in [6.07, 6.45) is 5.22. The Balaban J connectivity index is 2.63. The lowest BCUT2D eigenvalue weighted by Gasteiger charge is -2.08. The van der Waals surface area contributed by atoms with Gasteiger partial charge in [0, 0.05) is 6.42 Å². The third kappa shape index (κ3) is 3.58. The van der Waals surface area contributed by atoms with Crippen molar-refractivity contribution in [2.45, 2.75) is 12.5 Å². The lowest BCUT2D eigenvalue weighted by Crippen LogP contribution is -2.35. The molecule has 78 valence electrons. The summed E-state index contributed by atoms with van der Waals surface area (Å²) in [5.74, 6) is 2.30. The van der Waals surface area contributed by atoms with Crippen LogP contribution in [0.25, 0.3) is 0 Å². The predicted octanol–water partition coefficient (Wildman–Crippen LogP) is 1.02. The van der Waals surface area contributed by atoms with E-state index in [-0.39, 0.29) is 12.3 Å². The Morgan fingerprint density at radius 1 is 1.73 bits per heavy atom. The van der Waals surface area contributed by atoms with E-state index in [1.165, 1.54) is 0 Å². The Bertz CT molecular complexity index is 400. The Kier molecular flexibility index (Phi) is 4.10. The van der Waals surface area contributed by atoms with Gasteiger partial charge in [-0.05, 0) is 12.1 Å². The van der Waals surface area contributed by atoms with Crippen molar-refractivity contribution >= 4 is 23.3 Å². The van der Waals surface area contributed by atoms with Gasteiger partial charge < -0.3 is 11.1 Å². The minimum atomic E-state index is -0.726. The number of amides is 1. The normalized spacial score (nSPS) is 11.5. The molecule has 1 aromatic rings. The molecule has 0 aliphatic heterocycles. The fourth-order valence-corrected chi connectivity index (χ4v) is 1.08. The minimum absolute atomic E-state index is 0.187. The van der Waals surface area contributed by atoms with Crippen LogP contribution in [0.5, 0.6) is 0 Å². The third-order valence-corrected chi connectivity index (χ3v) is 1.85. The summed E-state index contributed by atoms with van der Waals surface area (Å²) >= 11 is 5.64. The summed E-state index contributed by atoms with van der Waals surface area (Å²) in [5, 5.41) is 2.82. The van der Waals surface area contributed by atoms with Gasteiger partial charge in [-0.15, -0.1) is 12.3 Å². The van der Waals surface area contributed by atoms with Crippen LogP contribution in [0.3, 0.4) is 0 Å². The molecule has 4 nitrogen and oxygen atoms in total. The van der Waals surface area contributed by atoms with Gasteiger partial charge in [0.15, 0.2) is 0 Å². The van der Waals surface area contributed by atoms with E-state index in [1.54, 1.807) is 18.2 Å². The van der Waals surface area contributed by atoms with Crippen molar-refractivity contribution in [2.75, 3.05) is 5.32 Å². The highest BCUT2D eigenvalue weighted by Gasteiger charge is 2.12. The average Bonchev–Trinajstić information content (AvgIpc) is 2.18. The summed E-state index contributed by atoms with van der Waals surface area (Å²) in [6.45, 7) is 0. The molecule has 1 rings (SSSR count). The molecule has 3 N–H and O–H groups in total. The molecule has 15 heavy (non-hydrogen) atoms. The molecule has 1 unspecified atom stereocenters. The number of aromatic nitrogens is 1. The fourth-order valence-electron chi connectivity index (χ4n) is 0.916. The van der Waals surface area contributed by atoms with Crippen molar-refractivity contribution < 1.29 is 4.79 Å². The molecule has 1 atom stereocenters. The van der Waals surface area contributed by atoms with Gasteiger partial charge in [-0.3, -0.25) is 4.79 Å². The van der Waals surface area contributed by atoms with Gasteiger partial charge in [-0.2, -0.15) is 0 Å². The molecule has 0 saturated carbocycles. The quantitative estimate of drug-likeness (QED) is 0.594. The lowest BCUT2D eigenvalue weighted by molar-refractivity contribution is -0.117. The number of rotatable bonds is 3. The Morgan fingerprint density at radius 2 is 2.47 bits per heavy atom. The van der Waals surface area contributed by atoms with Gasteiger partial charge in [0.2, 0.25) is 5.91 Å². The largest absolute Gasteiger partial charge is 0.319 e. The number of nitrogens with one attached hydrogen (secondary N) is 1. The summed E-state index contributed by atoms with van der Waals surface area (Å²) in [6, 6.07) is 4.18. The fraction of sp³-hybridized carbons (Fsp3) is 0.200. The van der Waals surface area contributed by atoms with Crippen molar-refractivity contribution in [2.24, 2.45) is 5.73 Å². The van der Waals surface area contributed by atoms with Crippen LogP contribution in [0.4, 0.5) is 5.82 Å². The second-order valence-corrected chi connectivity index (χ2v) is 3.24. The van der Waals surface area contributed by atoms with Crippen molar-refractivity contribution in [3.63, 3.8) is 0 Å². The summed E-state index contributed by atoms with van der Waals surface area (Å²) < 4.78 is 0. The number of pyridine rings is 1. The first-order chi connectivity index (χ1) is 7.13. The van der Waals surface area contributed by atoms with Gasteiger partial charge in [0.05, 0.1) is 6.04 Å². The standard InChI is InChI=1S/C10H10ClN3O/c1-2-4-7(12)10(15)14-9-6-3-5-8(11)13-9/h1,3,5-7H,4,12H2,(H,13,14,15). The van der Waals surface area contributed by atoms with E-state index in [1.807, 2.05) is 0 Å². The second kappa shape index (κ2) is 5.35. The van der Waals surface area contributed by atoms with Crippen LogP contribution in [0.15, 0.2) is 18.2 Å². The highest BCUT2D eigenvalue weighted by Crippen LogP contribution is 2.09. The number of carbonyl (C=O) groups is 1. The second-order valence-electron chi connectivity index (χ2n) is 2.85. The molecule has 1 heterocycles.